The molecule has 0 amide bonds. The topological polar surface area (TPSA) is 70.5 Å². The lowest BCUT2D eigenvalue weighted by molar-refractivity contribution is -0.0232. The standard InChI is InChI=1S/C28H40IN4O2P/c1-4-33(17-13-20(2)34-22-8-6-5-7-9-22)26-18-21(12-16-31-26)27(30)24-19-23(35-28(3)14-15-28)10-11-25(24)32-36-29/h10-12,16,18-20,22,30,32,36H,4-9,13-15,17H2,1-3H3. The molecule has 1 heterocycles. The smallest absolute Gasteiger partial charge is 0.129 e. The van der Waals surface area contributed by atoms with Crippen molar-refractivity contribution in [2.45, 2.75) is 89.9 Å². The number of nitrogens with one attached hydrogen (secondary N) is 2. The molecule has 2 aliphatic carbocycles. The Morgan fingerprint density at radius 1 is 1.25 bits per heavy atom. The second-order valence-corrected chi connectivity index (χ2v) is 12.4. The van der Waals surface area contributed by atoms with E-state index in [2.05, 4.69) is 57.8 Å². The minimum Gasteiger partial charge on any atom is -0.488 e. The van der Waals surface area contributed by atoms with Gasteiger partial charge in [-0.1, -0.05) is 19.3 Å². The normalized spacial score (nSPS) is 18.2. The van der Waals surface area contributed by atoms with E-state index in [4.69, 9.17) is 14.9 Å². The fourth-order valence-electron chi connectivity index (χ4n) is 4.79. The van der Waals surface area contributed by atoms with Gasteiger partial charge in [0.05, 0.1) is 17.9 Å². The molecule has 1 aromatic heterocycles. The molecule has 2 saturated carbocycles. The van der Waals surface area contributed by atoms with Crippen molar-refractivity contribution in [2.75, 3.05) is 23.1 Å². The maximum absolute atomic E-state index is 9.08. The highest BCUT2D eigenvalue weighted by Gasteiger charge is 2.40. The summed E-state index contributed by atoms with van der Waals surface area (Å²) in [5.41, 5.74) is 3.10. The van der Waals surface area contributed by atoms with Crippen molar-refractivity contribution >= 4 is 45.6 Å². The van der Waals surface area contributed by atoms with Crippen LogP contribution in [-0.2, 0) is 4.74 Å². The number of halogens is 1. The second kappa shape index (κ2) is 12.9. The maximum atomic E-state index is 9.08. The second-order valence-electron chi connectivity index (χ2n) is 10.3. The van der Waals surface area contributed by atoms with Gasteiger partial charge in [0.1, 0.15) is 17.2 Å². The van der Waals surface area contributed by atoms with Crippen molar-refractivity contribution in [1.82, 2.24) is 4.98 Å². The molecule has 36 heavy (non-hydrogen) atoms. The lowest BCUT2D eigenvalue weighted by Crippen LogP contribution is -2.30. The summed E-state index contributed by atoms with van der Waals surface area (Å²) in [5, 5.41) is 12.5. The van der Waals surface area contributed by atoms with Crippen LogP contribution in [0, 0.1) is 5.41 Å². The zero-order chi connectivity index (χ0) is 25.5. The molecule has 2 aromatic rings. The molecule has 2 atom stereocenters. The Labute approximate surface area is 231 Å². The van der Waals surface area contributed by atoms with Crippen LogP contribution >= 0.6 is 28.4 Å². The minimum absolute atomic E-state index is 0.0529. The molecular formula is C28H40IN4O2P. The highest BCUT2D eigenvalue weighted by molar-refractivity contribution is 14.2. The number of rotatable bonds is 13. The summed E-state index contributed by atoms with van der Waals surface area (Å²) in [7, 11) is 0. The van der Waals surface area contributed by atoms with Crippen molar-refractivity contribution < 1.29 is 9.47 Å². The van der Waals surface area contributed by atoms with Gasteiger partial charge in [-0.25, -0.2) is 4.98 Å². The van der Waals surface area contributed by atoms with Gasteiger partial charge in [0.2, 0.25) is 0 Å². The summed E-state index contributed by atoms with van der Waals surface area (Å²) in [6.45, 7) is 8.26. The van der Waals surface area contributed by atoms with E-state index < -0.39 is 0 Å². The van der Waals surface area contributed by atoms with Gasteiger partial charge < -0.3 is 19.5 Å². The molecule has 0 spiro atoms. The Morgan fingerprint density at radius 2 is 2.03 bits per heavy atom. The summed E-state index contributed by atoms with van der Waals surface area (Å²) in [6.07, 6.45) is 12.5. The number of aromatic nitrogens is 1. The molecule has 0 radical (unpaired) electrons. The van der Waals surface area contributed by atoms with Gasteiger partial charge in [0, 0.05) is 42.5 Å². The summed E-state index contributed by atoms with van der Waals surface area (Å²) in [5.74, 6) is 1.74. The SMILES string of the molecule is CCN(CCC(C)OC1CCCCC1)c1cc(C(=N)c2cc(OC3(C)CC3)ccc2NPI)ccn1. The Balaban J connectivity index is 1.45. The number of nitrogens with zero attached hydrogens (tertiary/aromatic N) is 2. The fraction of sp³-hybridized carbons (Fsp3) is 0.571. The van der Waals surface area contributed by atoms with Crippen molar-refractivity contribution in [3.05, 3.63) is 47.7 Å². The molecule has 1 aromatic carbocycles. The molecule has 0 bridgehead atoms. The summed E-state index contributed by atoms with van der Waals surface area (Å²) in [6, 6.07) is 10.0. The number of ether oxygens (including phenoxy) is 2. The van der Waals surface area contributed by atoms with Crippen LogP contribution in [0.25, 0.3) is 0 Å². The lowest BCUT2D eigenvalue weighted by Gasteiger charge is -2.28. The molecule has 8 heteroatoms. The Hall–Kier alpha value is -1.44. The third kappa shape index (κ3) is 7.55. The molecule has 2 unspecified atom stereocenters. The molecule has 4 rings (SSSR count). The van der Waals surface area contributed by atoms with Gasteiger partial charge >= 0.3 is 0 Å². The average molecular weight is 623 g/mol. The van der Waals surface area contributed by atoms with Crippen LogP contribution in [0.1, 0.15) is 83.3 Å². The monoisotopic (exact) mass is 622 g/mol. The van der Waals surface area contributed by atoms with E-state index in [1.807, 2.05) is 36.5 Å². The molecule has 2 fully saturated rings. The van der Waals surface area contributed by atoms with Crippen LogP contribution in [-0.4, -0.2) is 41.6 Å². The Kier molecular flexibility index (Phi) is 9.87. The van der Waals surface area contributed by atoms with Crippen LogP contribution in [0.15, 0.2) is 36.5 Å². The fourth-order valence-corrected chi connectivity index (χ4v) is 5.98. The van der Waals surface area contributed by atoms with Crippen molar-refractivity contribution in [1.29, 1.82) is 5.41 Å². The van der Waals surface area contributed by atoms with Crippen LogP contribution in [0.2, 0.25) is 0 Å². The summed E-state index contributed by atoms with van der Waals surface area (Å²) < 4.78 is 12.5. The predicted molar refractivity (Wildman–Crippen MR) is 161 cm³/mol. The van der Waals surface area contributed by atoms with Gasteiger partial charge in [-0.05, 0) is 105 Å². The molecule has 2 N–H and O–H groups in total. The number of benzene rings is 1. The minimum atomic E-state index is -0.0529. The largest absolute Gasteiger partial charge is 0.488 e. The highest BCUT2D eigenvalue weighted by Crippen LogP contribution is 2.41. The van der Waals surface area contributed by atoms with Crippen LogP contribution in [0.3, 0.4) is 0 Å². The molecule has 6 nitrogen and oxygen atoms in total. The zero-order valence-corrected chi connectivity index (χ0v) is 24.9. The van der Waals surface area contributed by atoms with E-state index in [9.17, 15) is 0 Å². The third-order valence-electron chi connectivity index (χ3n) is 7.28. The number of hydrogen-bond donors (Lipinski definition) is 2. The van der Waals surface area contributed by atoms with Gasteiger partial charge in [0.25, 0.3) is 0 Å². The number of anilines is 2. The van der Waals surface area contributed by atoms with Crippen LogP contribution in [0.4, 0.5) is 11.5 Å². The van der Waals surface area contributed by atoms with E-state index in [0.29, 0.717) is 18.2 Å². The first-order chi connectivity index (χ1) is 17.4. The Morgan fingerprint density at radius 3 is 2.72 bits per heavy atom. The molecule has 0 saturated heterocycles. The Bertz CT molecular complexity index is 1030. The van der Waals surface area contributed by atoms with Crippen LogP contribution < -0.4 is 14.7 Å². The summed E-state index contributed by atoms with van der Waals surface area (Å²) >= 11 is 2.32. The van der Waals surface area contributed by atoms with E-state index in [1.165, 1.54) is 32.1 Å². The third-order valence-corrected chi connectivity index (χ3v) is 8.46. The molecule has 196 valence electrons. The highest BCUT2D eigenvalue weighted by atomic mass is 127. The van der Waals surface area contributed by atoms with Crippen LogP contribution in [0.5, 0.6) is 5.75 Å². The maximum Gasteiger partial charge on any atom is 0.129 e. The van der Waals surface area contributed by atoms with E-state index in [0.717, 1.165) is 60.7 Å². The lowest BCUT2D eigenvalue weighted by atomic mass is 9.97. The van der Waals surface area contributed by atoms with Gasteiger partial charge in [-0.3, -0.25) is 5.41 Å². The quantitative estimate of drug-likeness (QED) is 0.136. The average Bonchev–Trinajstić information content (AvgIpc) is 3.62. The van der Waals surface area contributed by atoms with Gasteiger partial charge in [-0.2, -0.15) is 0 Å². The van der Waals surface area contributed by atoms with Crippen molar-refractivity contribution in [3.63, 3.8) is 0 Å². The van der Waals surface area contributed by atoms with Crippen molar-refractivity contribution in [3.8, 4) is 5.75 Å². The number of pyridine rings is 1. The molecular weight excluding hydrogens is 582 g/mol. The zero-order valence-electron chi connectivity index (χ0n) is 21.8. The molecule has 2 aliphatic rings. The van der Waals surface area contributed by atoms with E-state index in [-0.39, 0.29) is 11.7 Å². The first-order valence-electron chi connectivity index (χ1n) is 13.3. The number of hydrogen-bond acceptors (Lipinski definition) is 6. The van der Waals surface area contributed by atoms with Gasteiger partial charge in [0.15, 0.2) is 0 Å². The first-order valence-corrected chi connectivity index (χ1v) is 17.4. The van der Waals surface area contributed by atoms with E-state index in [1.54, 1.807) is 0 Å². The first kappa shape index (κ1) is 27.6. The molecule has 0 aliphatic heterocycles. The predicted octanol–water partition coefficient (Wildman–Crippen LogP) is 7.74. The summed E-state index contributed by atoms with van der Waals surface area (Å²) in [4.78, 5) is 6.95. The van der Waals surface area contributed by atoms with E-state index >= 15 is 0 Å². The van der Waals surface area contributed by atoms with Crippen molar-refractivity contribution in [2.24, 2.45) is 0 Å². The van der Waals surface area contributed by atoms with Gasteiger partial charge in [-0.15, -0.1) is 0 Å².